The summed E-state index contributed by atoms with van der Waals surface area (Å²) in [6, 6.07) is 87.4. The zero-order chi connectivity index (χ0) is 66.8. The van der Waals surface area contributed by atoms with Crippen molar-refractivity contribution in [1.82, 2.24) is 0 Å². The van der Waals surface area contributed by atoms with Gasteiger partial charge in [-0.3, -0.25) is 0 Å². The van der Waals surface area contributed by atoms with Gasteiger partial charge in [-0.1, -0.05) is 41.5 Å². The van der Waals surface area contributed by atoms with Crippen LogP contribution in [0.3, 0.4) is 0 Å². The number of thiophene rings is 1. The molecule has 0 atom stereocenters. The third-order valence-corrected chi connectivity index (χ3v) is 29.9. The number of rotatable bonds is 10. The van der Waals surface area contributed by atoms with E-state index in [9.17, 15) is 2.74 Å². The van der Waals surface area contributed by atoms with Gasteiger partial charge in [-0.25, -0.2) is 0 Å². The molecule has 0 spiro atoms. The van der Waals surface area contributed by atoms with Crippen molar-refractivity contribution >= 4 is 126 Å². The molecule has 0 N–H and O–H groups in total. The number of fused-ring (bicyclic) bond motifs is 6. The molecule has 0 fully saturated rings. The van der Waals surface area contributed by atoms with Gasteiger partial charge < -0.3 is 0 Å². The molecular weight excluding hydrogens is 1170 g/mol. The van der Waals surface area contributed by atoms with Crippen LogP contribution in [-0.2, 0) is 21.7 Å². The van der Waals surface area contributed by atoms with E-state index in [-0.39, 0.29) is 58.1 Å². The molecule has 2 aliphatic heterocycles. The van der Waals surface area contributed by atoms with Gasteiger partial charge in [0.1, 0.15) is 0 Å². The summed E-state index contributed by atoms with van der Waals surface area (Å²) in [5, 5.41) is 0.940. The van der Waals surface area contributed by atoms with Gasteiger partial charge in [-0.15, -0.1) is 0 Å². The molecular formula is C84H80BGeN3S. The van der Waals surface area contributed by atoms with Crippen LogP contribution in [0.2, 0.25) is 0 Å². The Morgan fingerprint density at radius 2 is 0.811 bits per heavy atom. The van der Waals surface area contributed by atoms with Gasteiger partial charge in [-0.2, -0.15) is 0 Å². The average Bonchev–Trinajstić information content (AvgIpc) is 1.64. The van der Waals surface area contributed by atoms with E-state index in [1.807, 2.05) is 6.07 Å². The fraction of sp³-hybridized carbons (Fsp3) is 0.190. The third-order valence-electron chi connectivity index (χ3n) is 18.7. The van der Waals surface area contributed by atoms with E-state index < -0.39 is 19.3 Å². The Labute approximate surface area is 548 Å². The molecule has 0 unspecified atom stereocenters. The SMILES string of the molecule is [2H]c1c([2H])c([2H])c(-c2ccc3sc4c(c3c2)N(c2ccc(C(C)(C)C)cc2)c2c[c]([Ge]([c]3ccccc3)([c]3ccccc3)[c]3ccccc3)cc3c2B4c2ccc(N(c4ccc(C(C)(C)C)cc4)c4ccc(C(C)(C)C)cc4)cc2N3c2ccc(C(C)(C)C)cc2)c([2H])c1[2H]. The summed E-state index contributed by atoms with van der Waals surface area (Å²) < 4.78 is 52.3. The summed E-state index contributed by atoms with van der Waals surface area (Å²) in [7, 11) is 0. The van der Waals surface area contributed by atoms with E-state index in [0.717, 1.165) is 71.5 Å². The fourth-order valence-electron chi connectivity index (χ4n) is 13.9. The number of anilines is 9. The summed E-state index contributed by atoms with van der Waals surface area (Å²) in [4.78, 5) is 7.52. The van der Waals surface area contributed by atoms with Crippen molar-refractivity contribution in [2.45, 2.75) is 105 Å². The molecule has 0 saturated heterocycles. The van der Waals surface area contributed by atoms with E-state index in [1.165, 1.54) is 45.3 Å². The Bertz CT molecular complexity index is 4730. The van der Waals surface area contributed by atoms with Crippen LogP contribution >= 0.6 is 11.3 Å². The Hall–Kier alpha value is -8.61. The molecule has 0 saturated carbocycles. The summed E-state index contributed by atoms with van der Waals surface area (Å²) in [5.41, 5.74) is 17.2. The quantitative estimate of drug-likeness (QED) is 0.126. The van der Waals surface area contributed by atoms with Gasteiger partial charge in [0.2, 0.25) is 0 Å². The van der Waals surface area contributed by atoms with Crippen molar-refractivity contribution in [3.8, 4) is 11.1 Å². The van der Waals surface area contributed by atoms with Crippen LogP contribution in [0.4, 0.5) is 51.2 Å². The molecule has 0 aliphatic carbocycles. The zero-order valence-corrected chi connectivity index (χ0v) is 56.8. The van der Waals surface area contributed by atoms with Gasteiger partial charge in [0, 0.05) is 0 Å². The predicted molar refractivity (Wildman–Crippen MR) is 394 cm³/mol. The predicted octanol–water partition coefficient (Wildman–Crippen LogP) is 18.7. The summed E-state index contributed by atoms with van der Waals surface area (Å²) in [5.74, 6) is 0. The minimum absolute atomic E-state index is 0.0426. The average molecular weight is 1250 g/mol. The molecule has 12 aromatic rings. The number of nitrogens with zero attached hydrogens (tertiary/aromatic N) is 3. The van der Waals surface area contributed by atoms with E-state index in [2.05, 4.69) is 328 Å². The first-order chi connectivity index (χ1) is 45.2. The fourth-order valence-corrected chi connectivity index (χ4v) is 25.2. The second-order valence-corrected chi connectivity index (χ2v) is 37.7. The molecule has 444 valence electrons. The van der Waals surface area contributed by atoms with E-state index in [1.54, 1.807) is 11.3 Å². The van der Waals surface area contributed by atoms with Crippen LogP contribution < -0.4 is 48.0 Å². The number of hydrogen-bond donors (Lipinski definition) is 0. The molecule has 11 aromatic carbocycles. The van der Waals surface area contributed by atoms with E-state index in [0.29, 0.717) is 5.56 Å². The van der Waals surface area contributed by atoms with Crippen LogP contribution in [0.1, 0.15) is 112 Å². The Morgan fingerprint density at radius 1 is 0.389 bits per heavy atom. The molecule has 0 radical (unpaired) electrons. The van der Waals surface area contributed by atoms with E-state index >= 15 is 0 Å². The molecule has 3 heterocycles. The van der Waals surface area contributed by atoms with Crippen molar-refractivity contribution < 1.29 is 6.85 Å². The summed E-state index contributed by atoms with van der Waals surface area (Å²) in [6.45, 7) is 27.0. The maximum atomic E-state index is 9.32. The second-order valence-electron chi connectivity index (χ2n) is 28.7. The molecule has 0 amide bonds. The van der Waals surface area contributed by atoms with E-state index in [4.69, 9.17) is 4.11 Å². The first-order valence-electron chi connectivity index (χ1n) is 34.2. The summed E-state index contributed by atoms with van der Waals surface area (Å²) in [6.07, 6.45) is 0. The van der Waals surface area contributed by atoms with Crippen molar-refractivity contribution in [3.63, 3.8) is 0 Å². The van der Waals surface area contributed by atoms with Gasteiger partial charge in [-0.05, 0) is 10.8 Å². The third kappa shape index (κ3) is 10.3. The molecule has 90 heavy (non-hydrogen) atoms. The summed E-state index contributed by atoms with van der Waals surface area (Å²) >= 11 is -2.42. The van der Waals surface area contributed by atoms with Crippen LogP contribution in [0.5, 0.6) is 0 Å². The van der Waals surface area contributed by atoms with Crippen molar-refractivity contribution in [3.05, 3.63) is 289 Å². The minimum atomic E-state index is -4.20. The molecule has 0 bridgehead atoms. The first-order valence-corrected chi connectivity index (χ1v) is 36.7. The van der Waals surface area contributed by atoms with Gasteiger partial charge in [0.25, 0.3) is 0 Å². The van der Waals surface area contributed by atoms with Gasteiger partial charge in [0.15, 0.2) is 0 Å². The monoisotopic (exact) mass is 1250 g/mol. The zero-order valence-electron chi connectivity index (χ0n) is 58.8. The van der Waals surface area contributed by atoms with Gasteiger partial charge >= 0.3 is 499 Å². The Kier molecular flexibility index (Phi) is 13.3. The maximum absolute atomic E-state index is 9.32. The van der Waals surface area contributed by atoms with Crippen molar-refractivity contribution in [1.29, 1.82) is 0 Å². The standard InChI is InChI=1S/C84H80BGeN3S/c1-81(2,3)59-34-42-67(43-35-59)87(68-44-36-60(37-45-68)82(4,5)6)71-50-51-73-74(56-71)88(69-46-38-61(39-47-69)83(7,8)9)75-54-66(86(63-27-19-14-20-28-63,64-29-21-15-22-30-64)65-31-23-16-24-32-65)55-76-78(75)85(73)80-79(89(76)70-48-40-62(41-49-70)84(10,11)12)72-53-58(33-52-77(72)90-80)57-25-17-13-18-26-57/h13-56H,1-12H3/i13D,17D,18D,25D,26D. The molecule has 14 rings (SSSR count). The van der Waals surface area contributed by atoms with Crippen molar-refractivity contribution in [2.75, 3.05) is 14.7 Å². The molecule has 3 nitrogen and oxygen atoms in total. The van der Waals surface area contributed by atoms with Crippen LogP contribution in [-0.4, -0.2) is 20.0 Å². The molecule has 2 aliphatic rings. The van der Waals surface area contributed by atoms with Crippen LogP contribution in [0, 0.1) is 0 Å². The topological polar surface area (TPSA) is 9.72 Å². The Balaban J connectivity index is 1.15. The van der Waals surface area contributed by atoms with Crippen LogP contribution in [0.25, 0.3) is 21.2 Å². The Morgan fingerprint density at radius 3 is 1.27 bits per heavy atom. The number of benzene rings is 11. The molecule has 1 aromatic heterocycles. The van der Waals surface area contributed by atoms with Crippen LogP contribution in [0.15, 0.2) is 267 Å². The first kappa shape index (κ1) is 53.2. The molecule has 6 heteroatoms. The van der Waals surface area contributed by atoms with Gasteiger partial charge in [0.05, 0.1) is 1.37 Å². The van der Waals surface area contributed by atoms with Crippen molar-refractivity contribution in [2.24, 2.45) is 0 Å². The second kappa shape index (κ2) is 22.4. The number of hydrogen-bond acceptors (Lipinski definition) is 4. The normalized spacial score (nSPS) is 14.0.